The lowest BCUT2D eigenvalue weighted by molar-refractivity contribution is -0.116. The van der Waals surface area contributed by atoms with E-state index in [2.05, 4.69) is 10.5 Å². The van der Waals surface area contributed by atoms with Crippen LogP contribution in [-0.2, 0) is 4.79 Å². The molecule has 0 aliphatic rings. The van der Waals surface area contributed by atoms with E-state index in [1.54, 1.807) is 19.4 Å². The molecular weight excluding hydrogens is 264 g/mol. The van der Waals surface area contributed by atoms with Gasteiger partial charge in [0.15, 0.2) is 0 Å². The normalized spacial score (nSPS) is 10.9. The van der Waals surface area contributed by atoms with E-state index in [1.165, 1.54) is 6.08 Å². The first-order chi connectivity index (χ1) is 10.3. The number of carbonyl (C=O) groups excluding carboxylic acids is 1. The molecule has 4 nitrogen and oxygen atoms in total. The SMILES string of the molecule is COc1ccc(/C=C/C(=O)N/N=C\c2ccccc2)cc1. The van der Waals surface area contributed by atoms with Crippen molar-refractivity contribution < 1.29 is 9.53 Å². The number of nitrogens with zero attached hydrogens (tertiary/aromatic N) is 1. The minimum atomic E-state index is -0.280. The molecule has 0 saturated carbocycles. The number of carbonyl (C=O) groups is 1. The summed E-state index contributed by atoms with van der Waals surface area (Å²) in [4.78, 5) is 11.6. The summed E-state index contributed by atoms with van der Waals surface area (Å²) in [6.07, 6.45) is 4.75. The van der Waals surface area contributed by atoms with Gasteiger partial charge in [-0.05, 0) is 29.3 Å². The monoisotopic (exact) mass is 280 g/mol. The third-order valence-electron chi connectivity index (χ3n) is 2.73. The van der Waals surface area contributed by atoms with E-state index in [9.17, 15) is 4.79 Å². The number of benzene rings is 2. The van der Waals surface area contributed by atoms with Crippen LogP contribution in [0.3, 0.4) is 0 Å². The fourth-order valence-corrected chi connectivity index (χ4v) is 1.63. The summed E-state index contributed by atoms with van der Waals surface area (Å²) in [7, 11) is 1.61. The molecule has 0 atom stereocenters. The van der Waals surface area contributed by atoms with E-state index in [0.717, 1.165) is 16.9 Å². The van der Waals surface area contributed by atoms with Crippen LogP contribution in [0, 0.1) is 0 Å². The van der Waals surface area contributed by atoms with Crippen LogP contribution in [-0.4, -0.2) is 19.2 Å². The molecule has 0 fully saturated rings. The van der Waals surface area contributed by atoms with Gasteiger partial charge in [-0.2, -0.15) is 5.10 Å². The Bertz CT molecular complexity index is 632. The number of hydrogen-bond acceptors (Lipinski definition) is 3. The van der Waals surface area contributed by atoms with Gasteiger partial charge in [0.2, 0.25) is 0 Å². The van der Waals surface area contributed by atoms with Gasteiger partial charge >= 0.3 is 0 Å². The van der Waals surface area contributed by atoms with E-state index in [0.29, 0.717) is 0 Å². The molecule has 1 amide bonds. The molecule has 2 aromatic carbocycles. The summed E-state index contributed by atoms with van der Waals surface area (Å²) in [5.74, 6) is 0.502. The Hall–Kier alpha value is -2.88. The quantitative estimate of drug-likeness (QED) is 0.520. The summed E-state index contributed by atoms with van der Waals surface area (Å²) in [5, 5.41) is 3.89. The van der Waals surface area contributed by atoms with Crippen LogP contribution in [0.1, 0.15) is 11.1 Å². The second kappa shape index (κ2) is 7.65. The third kappa shape index (κ3) is 4.95. The summed E-state index contributed by atoms with van der Waals surface area (Å²) in [6, 6.07) is 17.0. The Kier molecular flexibility index (Phi) is 5.29. The highest BCUT2D eigenvalue weighted by Crippen LogP contribution is 2.12. The van der Waals surface area contributed by atoms with Gasteiger partial charge in [-0.15, -0.1) is 0 Å². The number of nitrogens with one attached hydrogen (secondary N) is 1. The predicted molar refractivity (Wildman–Crippen MR) is 84.2 cm³/mol. The van der Waals surface area contributed by atoms with Crippen molar-refractivity contribution in [1.82, 2.24) is 5.43 Å². The minimum absolute atomic E-state index is 0.280. The fraction of sp³-hybridized carbons (Fsp3) is 0.0588. The van der Waals surface area contributed by atoms with Gasteiger partial charge in [0.1, 0.15) is 5.75 Å². The first-order valence-corrected chi connectivity index (χ1v) is 6.48. The zero-order valence-corrected chi connectivity index (χ0v) is 11.7. The van der Waals surface area contributed by atoms with Crippen molar-refractivity contribution in [1.29, 1.82) is 0 Å². The average Bonchev–Trinajstić information content (AvgIpc) is 2.54. The molecule has 0 heterocycles. The first-order valence-electron chi connectivity index (χ1n) is 6.48. The lowest BCUT2D eigenvalue weighted by Gasteiger charge is -1.99. The van der Waals surface area contributed by atoms with E-state index >= 15 is 0 Å². The Morgan fingerprint density at radius 2 is 1.76 bits per heavy atom. The number of methoxy groups -OCH3 is 1. The number of ether oxygens (including phenoxy) is 1. The zero-order valence-electron chi connectivity index (χ0n) is 11.7. The minimum Gasteiger partial charge on any atom is -0.497 e. The number of rotatable bonds is 5. The van der Waals surface area contributed by atoms with Crippen molar-refractivity contribution in [2.75, 3.05) is 7.11 Å². The Morgan fingerprint density at radius 1 is 1.05 bits per heavy atom. The second-order valence-corrected chi connectivity index (χ2v) is 4.25. The van der Waals surface area contributed by atoms with Gasteiger partial charge in [0, 0.05) is 6.08 Å². The van der Waals surface area contributed by atoms with Crippen LogP contribution in [0.5, 0.6) is 5.75 Å². The smallest absolute Gasteiger partial charge is 0.264 e. The van der Waals surface area contributed by atoms with Gasteiger partial charge in [-0.25, -0.2) is 5.43 Å². The van der Waals surface area contributed by atoms with Crippen LogP contribution in [0.4, 0.5) is 0 Å². The molecule has 0 unspecified atom stereocenters. The largest absolute Gasteiger partial charge is 0.497 e. The standard InChI is InChI=1S/C17H16N2O2/c1-21-16-10-7-14(8-11-16)9-12-17(20)19-18-13-15-5-3-2-4-6-15/h2-13H,1H3,(H,19,20)/b12-9+,18-13-. The molecular formula is C17H16N2O2. The summed E-state index contributed by atoms with van der Waals surface area (Å²) < 4.78 is 5.07. The second-order valence-electron chi connectivity index (χ2n) is 4.25. The summed E-state index contributed by atoms with van der Waals surface area (Å²) >= 11 is 0. The van der Waals surface area contributed by atoms with Crippen molar-refractivity contribution >= 4 is 18.2 Å². The van der Waals surface area contributed by atoms with E-state index < -0.39 is 0 Å². The van der Waals surface area contributed by atoms with Crippen molar-refractivity contribution in [3.05, 3.63) is 71.8 Å². The van der Waals surface area contributed by atoms with Crippen LogP contribution < -0.4 is 10.2 Å². The molecule has 0 radical (unpaired) electrons. The highest BCUT2D eigenvalue weighted by Gasteiger charge is 1.94. The van der Waals surface area contributed by atoms with Crippen molar-refractivity contribution in [2.45, 2.75) is 0 Å². The van der Waals surface area contributed by atoms with Crippen LogP contribution >= 0.6 is 0 Å². The maximum Gasteiger partial charge on any atom is 0.264 e. The topological polar surface area (TPSA) is 50.7 Å². The highest BCUT2D eigenvalue weighted by atomic mass is 16.5. The van der Waals surface area contributed by atoms with Crippen molar-refractivity contribution in [2.24, 2.45) is 5.10 Å². The average molecular weight is 280 g/mol. The van der Waals surface area contributed by atoms with Gasteiger partial charge < -0.3 is 4.74 Å². The lowest BCUT2D eigenvalue weighted by atomic mass is 10.2. The number of hydrogen-bond donors (Lipinski definition) is 1. The van der Waals surface area contributed by atoms with Crippen LogP contribution in [0.25, 0.3) is 6.08 Å². The van der Waals surface area contributed by atoms with Gasteiger partial charge in [0.05, 0.1) is 13.3 Å². The lowest BCUT2D eigenvalue weighted by Crippen LogP contribution is -2.14. The van der Waals surface area contributed by atoms with Gasteiger partial charge in [-0.1, -0.05) is 42.5 Å². The van der Waals surface area contributed by atoms with Gasteiger partial charge in [0.25, 0.3) is 5.91 Å². The predicted octanol–water partition coefficient (Wildman–Crippen LogP) is 2.86. The van der Waals surface area contributed by atoms with Crippen LogP contribution in [0.2, 0.25) is 0 Å². The molecule has 106 valence electrons. The maximum absolute atomic E-state index is 11.6. The first kappa shape index (κ1) is 14.5. The van der Waals surface area contributed by atoms with Crippen molar-refractivity contribution in [3.8, 4) is 5.75 Å². The summed E-state index contributed by atoms with van der Waals surface area (Å²) in [6.45, 7) is 0. The molecule has 0 bridgehead atoms. The van der Waals surface area contributed by atoms with Crippen LogP contribution in [0.15, 0.2) is 65.8 Å². The Balaban J connectivity index is 1.86. The number of hydrazone groups is 1. The highest BCUT2D eigenvalue weighted by molar-refractivity contribution is 5.92. The third-order valence-corrected chi connectivity index (χ3v) is 2.73. The van der Waals surface area contributed by atoms with Gasteiger partial charge in [-0.3, -0.25) is 4.79 Å². The molecule has 0 aliphatic carbocycles. The Morgan fingerprint density at radius 3 is 2.43 bits per heavy atom. The van der Waals surface area contributed by atoms with Crippen molar-refractivity contribution in [3.63, 3.8) is 0 Å². The molecule has 2 rings (SSSR count). The molecule has 0 spiro atoms. The zero-order chi connectivity index (χ0) is 14.9. The van der Waals surface area contributed by atoms with E-state index in [-0.39, 0.29) is 5.91 Å². The van der Waals surface area contributed by atoms with E-state index in [1.807, 2.05) is 54.6 Å². The maximum atomic E-state index is 11.6. The molecule has 0 aliphatic heterocycles. The number of amides is 1. The molecule has 0 aromatic heterocycles. The molecule has 2 aromatic rings. The fourth-order valence-electron chi connectivity index (χ4n) is 1.63. The summed E-state index contributed by atoms with van der Waals surface area (Å²) in [5.41, 5.74) is 4.29. The molecule has 0 saturated heterocycles. The Labute approximate surface area is 123 Å². The van der Waals surface area contributed by atoms with E-state index in [4.69, 9.17) is 4.74 Å². The molecule has 21 heavy (non-hydrogen) atoms. The molecule has 4 heteroatoms. The molecule has 1 N–H and O–H groups in total.